The van der Waals surface area contributed by atoms with Crippen LogP contribution in [0.1, 0.15) is 42.9 Å². The maximum atomic E-state index is 4.56. The third-order valence-electron chi connectivity index (χ3n) is 3.47. The molecule has 3 rings (SSSR count). The van der Waals surface area contributed by atoms with Gasteiger partial charge in [0.2, 0.25) is 0 Å². The number of pyridine rings is 1. The zero-order valence-corrected chi connectivity index (χ0v) is 10.8. The van der Waals surface area contributed by atoms with Crippen molar-refractivity contribution in [3.8, 4) is 0 Å². The molecular weight excluding hydrogens is 224 g/mol. The molecular formula is C14H18N4. The molecule has 0 spiro atoms. The SMILES string of the molecule is CC(C)n1cnc2c1C(c1cccnc1)NCC2. The van der Waals surface area contributed by atoms with Crippen LogP contribution in [0.5, 0.6) is 0 Å². The Bertz CT molecular complexity index is 530. The third kappa shape index (κ3) is 1.82. The summed E-state index contributed by atoms with van der Waals surface area (Å²) < 4.78 is 2.26. The first-order valence-corrected chi connectivity index (χ1v) is 6.46. The lowest BCUT2D eigenvalue weighted by Gasteiger charge is -2.27. The molecule has 2 aromatic rings. The van der Waals surface area contributed by atoms with Crippen LogP contribution >= 0.6 is 0 Å². The first kappa shape index (κ1) is 11.4. The van der Waals surface area contributed by atoms with Crippen molar-refractivity contribution in [2.75, 3.05) is 6.54 Å². The number of nitrogens with one attached hydrogen (secondary N) is 1. The van der Waals surface area contributed by atoms with Gasteiger partial charge in [0.05, 0.1) is 23.8 Å². The van der Waals surface area contributed by atoms with Crippen LogP contribution in [0.3, 0.4) is 0 Å². The molecule has 18 heavy (non-hydrogen) atoms. The summed E-state index contributed by atoms with van der Waals surface area (Å²) in [4.78, 5) is 8.78. The third-order valence-corrected chi connectivity index (χ3v) is 3.47. The normalized spacial score (nSPS) is 18.9. The highest BCUT2D eigenvalue weighted by molar-refractivity contribution is 5.31. The predicted molar refractivity (Wildman–Crippen MR) is 70.4 cm³/mol. The van der Waals surface area contributed by atoms with E-state index in [2.05, 4.69) is 39.8 Å². The quantitative estimate of drug-likeness (QED) is 0.877. The zero-order valence-electron chi connectivity index (χ0n) is 10.8. The highest BCUT2D eigenvalue weighted by atomic mass is 15.1. The molecule has 0 bridgehead atoms. The highest BCUT2D eigenvalue weighted by Gasteiger charge is 2.26. The molecule has 1 N–H and O–H groups in total. The molecule has 3 heterocycles. The Balaban J connectivity index is 2.08. The molecule has 4 nitrogen and oxygen atoms in total. The molecule has 1 aliphatic rings. The van der Waals surface area contributed by atoms with Gasteiger partial charge in [0.25, 0.3) is 0 Å². The van der Waals surface area contributed by atoms with Gasteiger partial charge < -0.3 is 9.88 Å². The molecule has 0 radical (unpaired) electrons. The van der Waals surface area contributed by atoms with E-state index in [1.165, 1.54) is 17.0 Å². The van der Waals surface area contributed by atoms with Crippen LogP contribution in [0.2, 0.25) is 0 Å². The average molecular weight is 242 g/mol. The molecule has 1 atom stereocenters. The number of nitrogens with zero attached hydrogens (tertiary/aromatic N) is 3. The molecule has 0 saturated heterocycles. The van der Waals surface area contributed by atoms with Gasteiger partial charge in [-0.1, -0.05) is 6.07 Å². The number of hydrogen-bond donors (Lipinski definition) is 1. The second kappa shape index (κ2) is 4.53. The van der Waals surface area contributed by atoms with E-state index in [-0.39, 0.29) is 6.04 Å². The van der Waals surface area contributed by atoms with Gasteiger partial charge in [-0.05, 0) is 25.5 Å². The Morgan fingerprint density at radius 2 is 2.33 bits per heavy atom. The number of imidazole rings is 1. The van der Waals surface area contributed by atoms with Crippen molar-refractivity contribution < 1.29 is 0 Å². The standard InChI is InChI=1S/C14H18N4/c1-10(2)18-9-17-12-5-7-16-13(14(12)18)11-4-3-6-15-8-11/h3-4,6,8-10,13,16H,5,7H2,1-2H3. The van der Waals surface area contributed by atoms with Crippen molar-refractivity contribution in [3.63, 3.8) is 0 Å². The van der Waals surface area contributed by atoms with Crippen LogP contribution in [0.15, 0.2) is 30.9 Å². The van der Waals surface area contributed by atoms with Gasteiger partial charge >= 0.3 is 0 Å². The van der Waals surface area contributed by atoms with Crippen LogP contribution < -0.4 is 5.32 Å². The summed E-state index contributed by atoms with van der Waals surface area (Å²) >= 11 is 0. The summed E-state index contributed by atoms with van der Waals surface area (Å²) in [6, 6.07) is 4.76. The molecule has 94 valence electrons. The highest BCUT2D eigenvalue weighted by Crippen LogP contribution is 2.29. The van der Waals surface area contributed by atoms with Gasteiger partial charge in [-0.2, -0.15) is 0 Å². The van der Waals surface area contributed by atoms with Crippen LogP contribution in [0.4, 0.5) is 0 Å². The van der Waals surface area contributed by atoms with Crippen molar-refractivity contribution in [3.05, 3.63) is 47.8 Å². The molecule has 2 aromatic heterocycles. The minimum atomic E-state index is 0.215. The second-order valence-electron chi connectivity index (χ2n) is 5.00. The maximum absolute atomic E-state index is 4.56. The molecule has 1 unspecified atom stereocenters. The Morgan fingerprint density at radius 1 is 1.44 bits per heavy atom. The topological polar surface area (TPSA) is 42.7 Å². The molecule has 0 saturated carbocycles. The van der Waals surface area contributed by atoms with Gasteiger partial charge in [0, 0.05) is 31.4 Å². The lowest BCUT2D eigenvalue weighted by molar-refractivity contribution is 0.491. The van der Waals surface area contributed by atoms with Crippen molar-refractivity contribution in [1.82, 2.24) is 19.9 Å². The summed E-state index contributed by atoms with van der Waals surface area (Å²) in [6.07, 6.45) is 6.72. The van der Waals surface area contributed by atoms with Crippen LogP contribution in [-0.4, -0.2) is 21.1 Å². The smallest absolute Gasteiger partial charge is 0.0954 e. The summed E-state index contributed by atoms with van der Waals surface area (Å²) in [7, 11) is 0. The van der Waals surface area contributed by atoms with E-state index in [1.54, 1.807) is 0 Å². The molecule has 0 aliphatic carbocycles. The molecule has 0 aromatic carbocycles. The largest absolute Gasteiger partial charge is 0.330 e. The Hall–Kier alpha value is -1.68. The van der Waals surface area contributed by atoms with Crippen LogP contribution in [0, 0.1) is 0 Å². The van der Waals surface area contributed by atoms with E-state index >= 15 is 0 Å². The number of hydrogen-bond acceptors (Lipinski definition) is 3. The van der Waals surface area contributed by atoms with Crippen molar-refractivity contribution in [2.45, 2.75) is 32.4 Å². The predicted octanol–water partition coefficient (Wildman–Crippen LogP) is 2.09. The first-order chi connectivity index (χ1) is 8.77. The zero-order chi connectivity index (χ0) is 12.5. The summed E-state index contributed by atoms with van der Waals surface area (Å²) in [5.41, 5.74) is 3.72. The summed E-state index contributed by atoms with van der Waals surface area (Å²) in [5.74, 6) is 0. The van der Waals surface area contributed by atoms with Gasteiger partial charge in [0.1, 0.15) is 0 Å². The van der Waals surface area contributed by atoms with E-state index < -0.39 is 0 Å². The molecule has 4 heteroatoms. The Kier molecular flexibility index (Phi) is 2.88. The number of aromatic nitrogens is 3. The van der Waals surface area contributed by atoms with E-state index in [9.17, 15) is 0 Å². The average Bonchev–Trinajstić information content (AvgIpc) is 2.83. The number of fused-ring (bicyclic) bond motifs is 1. The Morgan fingerprint density at radius 3 is 3.06 bits per heavy atom. The molecule has 1 aliphatic heterocycles. The lowest BCUT2D eigenvalue weighted by Crippen LogP contribution is -2.32. The Labute approximate surface area is 107 Å². The summed E-state index contributed by atoms with van der Waals surface area (Å²) in [5, 5.41) is 3.57. The lowest BCUT2D eigenvalue weighted by atomic mass is 9.98. The fourth-order valence-electron chi connectivity index (χ4n) is 2.58. The molecule has 0 fully saturated rings. The van der Waals surface area contributed by atoms with Crippen LogP contribution in [0.25, 0.3) is 0 Å². The number of rotatable bonds is 2. The summed E-state index contributed by atoms with van der Waals surface area (Å²) in [6.45, 7) is 5.36. The van der Waals surface area contributed by atoms with Gasteiger partial charge in [-0.15, -0.1) is 0 Å². The van der Waals surface area contributed by atoms with Crippen molar-refractivity contribution in [2.24, 2.45) is 0 Å². The van der Waals surface area contributed by atoms with Gasteiger partial charge in [0.15, 0.2) is 0 Å². The minimum absolute atomic E-state index is 0.215. The van der Waals surface area contributed by atoms with Crippen molar-refractivity contribution >= 4 is 0 Å². The fourth-order valence-corrected chi connectivity index (χ4v) is 2.58. The van der Waals surface area contributed by atoms with Gasteiger partial charge in [-0.3, -0.25) is 4.98 Å². The van der Waals surface area contributed by atoms with Gasteiger partial charge in [-0.25, -0.2) is 4.98 Å². The van der Waals surface area contributed by atoms with Crippen LogP contribution in [-0.2, 0) is 6.42 Å². The second-order valence-corrected chi connectivity index (χ2v) is 5.00. The van der Waals surface area contributed by atoms with E-state index in [0.717, 1.165) is 13.0 Å². The first-order valence-electron chi connectivity index (χ1n) is 6.46. The minimum Gasteiger partial charge on any atom is -0.330 e. The maximum Gasteiger partial charge on any atom is 0.0954 e. The monoisotopic (exact) mass is 242 g/mol. The fraction of sp³-hybridized carbons (Fsp3) is 0.429. The van der Waals surface area contributed by atoms with E-state index in [4.69, 9.17) is 0 Å². The van der Waals surface area contributed by atoms with E-state index in [1.807, 2.05) is 24.8 Å². The van der Waals surface area contributed by atoms with E-state index in [0.29, 0.717) is 6.04 Å². The van der Waals surface area contributed by atoms with Crippen molar-refractivity contribution in [1.29, 1.82) is 0 Å². The molecule has 0 amide bonds.